The number of rotatable bonds is 8. The predicted molar refractivity (Wildman–Crippen MR) is 133 cm³/mol. The summed E-state index contributed by atoms with van der Waals surface area (Å²) >= 11 is 1.40. The number of benzene rings is 3. The Morgan fingerprint density at radius 1 is 1.03 bits per heavy atom. The number of carbonyl (C=O) groups excluding carboxylic acids is 1. The maximum atomic E-state index is 13.1. The molecule has 0 fully saturated rings. The molecule has 0 aliphatic carbocycles. The van der Waals surface area contributed by atoms with E-state index in [0.29, 0.717) is 6.54 Å². The van der Waals surface area contributed by atoms with Crippen molar-refractivity contribution in [3.05, 3.63) is 84.9 Å². The van der Waals surface area contributed by atoms with E-state index in [-0.39, 0.29) is 18.1 Å². The van der Waals surface area contributed by atoms with Gasteiger partial charge >= 0.3 is 0 Å². The first kappa shape index (κ1) is 22.4. The summed E-state index contributed by atoms with van der Waals surface area (Å²) in [4.78, 5) is 19.6. The van der Waals surface area contributed by atoms with Crippen LogP contribution in [-0.4, -0.2) is 30.3 Å². The molecule has 4 rings (SSSR count). The molecule has 0 N–H and O–H groups in total. The highest BCUT2D eigenvalue weighted by atomic mass is 32.2. The van der Waals surface area contributed by atoms with Crippen LogP contribution in [-0.2, 0) is 4.79 Å². The monoisotopic (exact) mass is 453 g/mol. The zero-order chi connectivity index (χ0) is 23.0. The normalized spacial score (nSPS) is 10.5. The lowest BCUT2D eigenvalue weighted by atomic mass is 10.0. The van der Waals surface area contributed by atoms with Gasteiger partial charge in [-0.05, 0) is 41.5 Å². The molecule has 4 aromatic rings. The number of hydrogen-bond donors (Lipinski definition) is 0. The van der Waals surface area contributed by atoms with E-state index in [1.54, 1.807) is 12.0 Å². The molecular weight excluding hydrogens is 430 g/mol. The Bertz CT molecular complexity index is 1290. The van der Waals surface area contributed by atoms with E-state index in [1.165, 1.54) is 11.8 Å². The number of pyridine rings is 1. The lowest BCUT2D eigenvalue weighted by Gasteiger charge is -2.21. The fourth-order valence-corrected chi connectivity index (χ4v) is 4.41. The summed E-state index contributed by atoms with van der Waals surface area (Å²) in [6.07, 6.45) is 0.275. The van der Waals surface area contributed by atoms with Gasteiger partial charge < -0.3 is 9.64 Å². The van der Waals surface area contributed by atoms with Gasteiger partial charge in [0.25, 0.3) is 0 Å². The van der Waals surface area contributed by atoms with E-state index in [0.717, 1.165) is 38.5 Å². The number of para-hydroxylation sites is 1. The summed E-state index contributed by atoms with van der Waals surface area (Å²) in [5.41, 5.74) is 3.75. The van der Waals surface area contributed by atoms with Crippen molar-refractivity contribution in [3.63, 3.8) is 0 Å². The van der Waals surface area contributed by atoms with Crippen LogP contribution < -0.4 is 9.64 Å². The standard InChI is InChI=1S/C27H23N3O2S/c1-32-22-13-14-23-24(20-9-4-2-5-10-20)18-26(29-25(23)17-22)33-19-27(31)30(16-8-15-28)21-11-6-3-7-12-21/h2-7,9-14,17-18H,8,16,19H2,1H3. The van der Waals surface area contributed by atoms with Gasteiger partial charge in [-0.2, -0.15) is 5.26 Å². The number of anilines is 1. The number of nitrogens with zero attached hydrogens (tertiary/aromatic N) is 3. The number of nitriles is 1. The first-order chi connectivity index (χ1) is 16.2. The molecule has 3 aromatic carbocycles. The molecule has 164 valence electrons. The second kappa shape index (κ2) is 10.7. The molecule has 0 unspecified atom stereocenters. The summed E-state index contributed by atoms with van der Waals surface area (Å²) in [7, 11) is 1.63. The van der Waals surface area contributed by atoms with Gasteiger partial charge in [-0.25, -0.2) is 4.98 Å². The predicted octanol–water partition coefficient (Wildman–Crippen LogP) is 5.95. The average Bonchev–Trinajstić information content (AvgIpc) is 2.88. The second-order valence-corrected chi connectivity index (χ2v) is 8.33. The third-order valence-corrected chi connectivity index (χ3v) is 6.13. The fraction of sp³-hybridized carbons (Fsp3) is 0.148. The molecule has 0 aliphatic rings. The van der Waals surface area contributed by atoms with Crippen LogP contribution in [0.5, 0.6) is 5.75 Å². The highest BCUT2D eigenvalue weighted by Gasteiger charge is 2.17. The number of methoxy groups -OCH3 is 1. The van der Waals surface area contributed by atoms with Crippen molar-refractivity contribution in [2.75, 3.05) is 24.3 Å². The largest absolute Gasteiger partial charge is 0.497 e. The summed E-state index contributed by atoms with van der Waals surface area (Å²) in [5, 5.41) is 10.8. The van der Waals surface area contributed by atoms with Crippen molar-refractivity contribution in [1.29, 1.82) is 5.26 Å². The van der Waals surface area contributed by atoms with Crippen LogP contribution in [0.25, 0.3) is 22.0 Å². The topological polar surface area (TPSA) is 66.2 Å². The Kier molecular flexibility index (Phi) is 7.23. The van der Waals surface area contributed by atoms with Gasteiger partial charge in [0.2, 0.25) is 5.91 Å². The Labute approximate surface area is 197 Å². The zero-order valence-electron chi connectivity index (χ0n) is 18.3. The van der Waals surface area contributed by atoms with Gasteiger partial charge in [-0.3, -0.25) is 4.79 Å². The molecule has 0 radical (unpaired) electrons. The molecule has 33 heavy (non-hydrogen) atoms. The second-order valence-electron chi connectivity index (χ2n) is 7.33. The summed E-state index contributed by atoms with van der Waals surface area (Å²) < 4.78 is 5.39. The minimum Gasteiger partial charge on any atom is -0.497 e. The third kappa shape index (κ3) is 5.33. The van der Waals surface area contributed by atoms with E-state index in [4.69, 9.17) is 15.0 Å². The Morgan fingerprint density at radius 2 is 1.76 bits per heavy atom. The summed E-state index contributed by atoms with van der Waals surface area (Å²) in [6.45, 7) is 0.359. The highest BCUT2D eigenvalue weighted by molar-refractivity contribution is 7.99. The van der Waals surface area contributed by atoms with Crippen molar-refractivity contribution in [2.45, 2.75) is 11.4 Å². The van der Waals surface area contributed by atoms with Crippen LogP contribution in [0.4, 0.5) is 5.69 Å². The Morgan fingerprint density at radius 3 is 2.45 bits per heavy atom. The minimum absolute atomic E-state index is 0.0600. The van der Waals surface area contributed by atoms with Crippen LogP contribution >= 0.6 is 11.8 Å². The van der Waals surface area contributed by atoms with Crippen LogP contribution in [0.1, 0.15) is 6.42 Å². The van der Waals surface area contributed by atoms with Crippen LogP contribution in [0.2, 0.25) is 0 Å². The fourth-order valence-electron chi connectivity index (χ4n) is 3.62. The van der Waals surface area contributed by atoms with Crippen molar-refractivity contribution in [3.8, 4) is 22.9 Å². The number of aromatic nitrogens is 1. The SMILES string of the molecule is COc1ccc2c(-c3ccccc3)cc(SCC(=O)N(CCC#N)c3ccccc3)nc2c1. The number of hydrogen-bond acceptors (Lipinski definition) is 5. The third-order valence-electron chi connectivity index (χ3n) is 5.24. The Hall–Kier alpha value is -3.82. The first-order valence-corrected chi connectivity index (χ1v) is 11.6. The van der Waals surface area contributed by atoms with E-state index in [2.05, 4.69) is 18.2 Å². The van der Waals surface area contributed by atoms with Crippen molar-refractivity contribution in [2.24, 2.45) is 0 Å². The first-order valence-electron chi connectivity index (χ1n) is 10.6. The molecule has 1 aromatic heterocycles. The quantitative estimate of drug-likeness (QED) is 0.309. The molecule has 1 amide bonds. The molecule has 5 nitrogen and oxygen atoms in total. The van der Waals surface area contributed by atoms with Gasteiger partial charge in [-0.1, -0.05) is 60.3 Å². The minimum atomic E-state index is -0.0600. The number of carbonyl (C=O) groups is 1. The van der Waals surface area contributed by atoms with Crippen LogP contribution in [0.15, 0.2) is 90.0 Å². The lowest BCUT2D eigenvalue weighted by molar-refractivity contribution is -0.116. The maximum Gasteiger partial charge on any atom is 0.237 e. The van der Waals surface area contributed by atoms with E-state index < -0.39 is 0 Å². The molecule has 0 spiro atoms. The van der Waals surface area contributed by atoms with Gasteiger partial charge in [-0.15, -0.1) is 0 Å². The Balaban J connectivity index is 1.64. The maximum absolute atomic E-state index is 13.1. The summed E-state index contributed by atoms with van der Waals surface area (Å²) in [6, 6.07) is 29.6. The van der Waals surface area contributed by atoms with E-state index >= 15 is 0 Å². The van der Waals surface area contributed by atoms with Crippen molar-refractivity contribution in [1.82, 2.24) is 4.98 Å². The number of thioether (sulfide) groups is 1. The molecule has 6 heteroatoms. The van der Waals surface area contributed by atoms with E-state index in [9.17, 15) is 4.79 Å². The molecule has 0 saturated carbocycles. The molecule has 0 atom stereocenters. The molecule has 1 heterocycles. The summed E-state index contributed by atoms with van der Waals surface area (Å²) in [5.74, 6) is 0.894. The highest BCUT2D eigenvalue weighted by Crippen LogP contribution is 2.33. The lowest BCUT2D eigenvalue weighted by Crippen LogP contribution is -2.33. The van der Waals surface area contributed by atoms with Crippen molar-refractivity contribution >= 4 is 34.3 Å². The molecule has 0 bridgehead atoms. The zero-order valence-corrected chi connectivity index (χ0v) is 19.1. The molecule has 0 aliphatic heterocycles. The molecule has 0 saturated heterocycles. The smallest absolute Gasteiger partial charge is 0.237 e. The average molecular weight is 454 g/mol. The number of fused-ring (bicyclic) bond motifs is 1. The van der Waals surface area contributed by atoms with Gasteiger partial charge in [0.15, 0.2) is 0 Å². The van der Waals surface area contributed by atoms with Gasteiger partial charge in [0.1, 0.15) is 5.75 Å². The number of ether oxygens (including phenoxy) is 1. The van der Waals surface area contributed by atoms with E-state index in [1.807, 2.05) is 72.8 Å². The van der Waals surface area contributed by atoms with Crippen LogP contribution in [0.3, 0.4) is 0 Å². The van der Waals surface area contributed by atoms with Crippen molar-refractivity contribution < 1.29 is 9.53 Å². The van der Waals surface area contributed by atoms with Gasteiger partial charge in [0.05, 0.1) is 35.9 Å². The van der Waals surface area contributed by atoms with Gasteiger partial charge in [0, 0.05) is 23.7 Å². The number of amides is 1. The molecular formula is C27H23N3O2S. The van der Waals surface area contributed by atoms with Crippen LogP contribution in [0, 0.1) is 11.3 Å².